The van der Waals surface area contributed by atoms with Crippen LogP contribution in [0, 0.1) is 0 Å². The zero-order valence-corrected chi connectivity index (χ0v) is 11.1. The zero-order valence-electron chi connectivity index (χ0n) is 9.56. The number of aromatic nitrogens is 2. The number of hydrogen-bond acceptors (Lipinski definition) is 7. The van der Waals surface area contributed by atoms with E-state index in [1.54, 1.807) is 7.11 Å². The van der Waals surface area contributed by atoms with E-state index in [-0.39, 0.29) is 6.61 Å². The van der Waals surface area contributed by atoms with E-state index in [4.69, 9.17) is 15.7 Å². The Morgan fingerprint density at radius 1 is 1.53 bits per heavy atom. The monoisotopic (exact) mass is 305 g/mol. The van der Waals surface area contributed by atoms with E-state index in [9.17, 15) is 0 Å². The van der Waals surface area contributed by atoms with Gasteiger partial charge in [-0.25, -0.2) is 15.8 Å². The van der Waals surface area contributed by atoms with Gasteiger partial charge in [-0.2, -0.15) is 0 Å². The number of halogens is 1. The van der Waals surface area contributed by atoms with Crippen LogP contribution in [0.1, 0.15) is 0 Å². The minimum atomic E-state index is 0.0333. The van der Waals surface area contributed by atoms with Crippen LogP contribution in [-0.4, -0.2) is 48.5 Å². The smallest absolute Gasteiger partial charge is 0.159 e. The van der Waals surface area contributed by atoms with Crippen LogP contribution in [0.4, 0.5) is 11.6 Å². The van der Waals surface area contributed by atoms with Crippen LogP contribution in [0.2, 0.25) is 0 Å². The first-order valence-electron chi connectivity index (χ1n) is 5.06. The summed E-state index contributed by atoms with van der Waals surface area (Å²) in [6.45, 7) is 1.66. The van der Waals surface area contributed by atoms with E-state index in [2.05, 4.69) is 31.3 Å². The lowest BCUT2D eigenvalue weighted by Crippen LogP contribution is -2.31. The highest BCUT2D eigenvalue weighted by Crippen LogP contribution is 2.28. The van der Waals surface area contributed by atoms with Crippen molar-refractivity contribution < 1.29 is 9.84 Å². The van der Waals surface area contributed by atoms with Gasteiger partial charge in [0.05, 0.1) is 13.2 Å². The van der Waals surface area contributed by atoms with Crippen LogP contribution < -0.4 is 16.2 Å². The van der Waals surface area contributed by atoms with Crippen molar-refractivity contribution in [2.24, 2.45) is 5.84 Å². The number of nitrogen functional groups attached to an aromatic ring is 1. The molecule has 8 heteroatoms. The van der Waals surface area contributed by atoms with E-state index < -0.39 is 0 Å². The second-order valence-electron chi connectivity index (χ2n) is 3.21. The van der Waals surface area contributed by atoms with Crippen LogP contribution in [0.15, 0.2) is 10.8 Å². The molecule has 0 bridgehead atoms. The Labute approximate surface area is 108 Å². The van der Waals surface area contributed by atoms with Crippen molar-refractivity contribution in [3.05, 3.63) is 10.8 Å². The lowest BCUT2D eigenvalue weighted by molar-refractivity contribution is 0.202. The van der Waals surface area contributed by atoms with E-state index in [1.165, 1.54) is 6.33 Å². The summed E-state index contributed by atoms with van der Waals surface area (Å²) in [6, 6.07) is 0. The van der Waals surface area contributed by atoms with Gasteiger partial charge in [0, 0.05) is 20.2 Å². The number of methoxy groups -OCH3 is 1. The van der Waals surface area contributed by atoms with Crippen molar-refractivity contribution in [3.63, 3.8) is 0 Å². The van der Waals surface area contributed by atoms with Gasteiger partial charge in [0.1, 0.15) is 16.6 Å². The molecule has 4 N–H and O–H groups in total. The minimum Gasteiger partial charge on any atom is -0.395 e. The predicted molar refractivity (Wildman–Crippen MR) is 68.7 cm³/mol. The Morgan fingerprint density at radius 3 is 2.88 bits per heavy atom. The van der Waals surface area contributed by atoms with Gasteiger partial charge >= 0.3 is 0 Å². The number of aliphatic hydroxyl groups excluding tert-OH is 1. The summed E-state index contributed by atoms with van der Waals surface area (Å²) in [5.41, 5.74) is 2.47. The van der Waals surface area contributed by atoms with Crippen molar-refractivity contribution >= 4 is 27.6 Å². The first-order valence-corrected chi connectivity index (χ1v) is 5.85. The Morgan fingerprint density at radius 2 is 2.29 bits per heavy atom. The number of rotatable bonds is 7. The van der Waals surface area contributed by atoms with Gasteiger partial charge in [-0.15, -0.1) is 0 Å². The predicted octanol–water partition coefficient (Wildman–Crippen LogP) is -0.0302. The highest BCUT2D eigenvalue weighted by atomic mass is 79.9. The molecule has 0 saturated carbocycles. The minimum absolute atomic E-state index is 0.0333. The molecule has 17 heavy (non-hydrogen) atoms. The lowest BCUT2D eigenvalue weighted by atomic mass is 10.4. The van der Waals surface area contributed by atoms with Gasteiger partial charge in [-0.3, -0.25) is 0 Å². The second-order valence-corrected chi connectivity index (χ2v) is 4.00. The number of ether oxygens (including phenoxy) is 1. The summed E-state index contributed by atoms with van der Waals surface area (Å²) in [7, 11) is 1.62. The van der Waals surface area contributed by atoms with Gasteiger partial charge in [0.2, 0.25) is 0 Å². The molecule has 0 spiro atoms. The summed E-state index contributed by atoms with van der Waals surface area (Å²) in [4.78, 5) is 10.0. The van der Waals surface area contributed by atoms with Crippen molar-refractivity contribution in [1.82, 2.24) is 9.97 Å². The highest BCUT2D eigenvalue weighted by Gasteiger charge is 2.14. The third-order valence-electron chi connectivity index (χ3n) is 2.14. The second kappa shape index (κ2) is 7.38. The van der Waals surface area contributed by atoms with Gasteiger partial charge < -0.3 is 20.2 Å². The Hall–Kier alpha value is -0.960. The van der Waals surface area contributed by atoms with Gasteiger partial charge in [0.15, 0.2) is 5.82 Å². The first kappa shape index (κ1) is 14.1. The summed E-state index contributed by atoms with van der Waals surface area (Å²) < 4.78 is 5.67. The Balaban J connectivity index is 2.92. The van der Waals surface area contributed by atoms with Crippen LogP contribution in [-0.2, 0) is 4.74 Å². The molecule has 0 aliphatic rings. The molecule has 1 aromatic rings. The number of hydrazine groups is 1. The van der Waals surface area contributed by atoms with Gasteiger partial charge in [-0.1, -0.05) is 0 Å². The molecule has 0 aliphatic carbocycles. The molecule has 1 aromatic heterocycles. The maximum atomic E-state index is 9.03. The van der Waals surface area contributed by atoms with E-state index in [0.29, 0.717) is 35.8 Å². The third kappa shape index (κ3) is 3.77. The molecule has 1 heterocycles. The average Bonchev–Trinajstić information content (AvgIpc) is 2.35. The summed E-state index contributed by atoms with van der Waals surface area (Å²) >= 11 is 3.37. The maximum absolute atomic E-state index is 9.03. The molecule has 96 valence electrons. The molecule has 0 amide bonds. The van der Waals surface area contributed by atoms with Gasteiger partial charge in [-0.05, 0) is 15.9 Å². The highest BCUT2D eigenvalue weighted by molar-refractivity contribution is 9.10. The van der Waals surface area contributed by atoms with E-state index in [1.807, 2.05) is 4.90 Å². The average molecular weight is 306 g/mol. The lowest BCUT2D eigenvalue weighted by Gasteiger charge is -2.23. The largest absolute Gasteiger partial charge is 0.395 e. The van der Waals surface area contributed by atoms with Crippen molar-refractivity contribution in [1.29, 1.82) is 0 Å². The molecule has 0 atom stereocenters. The zero-order chi connectivity index (χ0) is 12.7. The van der Waals surface area contributed by atoms with E-state index in [0.717, 1.165) is 0 Å². The first-order chi connectivity index (χ1) is 8.24. The molecule has 0 unspecified atom stereocenters. The van der Waals surface area contributed by atoms with E-state index >= 15 is 0 Å². The summed E-state index contributed by atoms with van der Waals surface area (Å²) in [5.74, 6) is 6.49. The quantitative estimate of drug-likeness (QED) is 0.481. The topological polar surface area (TPSA) is 96.5 Å². The molecule has 0 saturated heterocycles. The fourth-order valence-electron chi connectivity index (χ4n) is 1.33. The molecule has 0 aromatic carbocycles. The number of nitrogens with one attached hydrogen (secondary N) is 1. The number of nitrogens with zero attached hydrogens (tertiary/aromatic N) is 3. The molecule has 0 radical (unpaired) electrons. The molecular weight excluding hydrogens is 290 g/mol. The number of hydrogen-bond donors (Lipinski definition) is 3. The van der Waals surface area contributed by atoms with Crippen molar-refractivity contribution in [2.45, 2.75) is 0 Å². The molecular formula is C9H16BrN5O2. The fourth-order valence-corrected chi connectivity index (χ4v) is 1.90. The Kier molecular flexibility index (Phi) is 6.12. The SMILES string of the molecule is COCCN(CCO)c1ncnc(NN)c1Br. The number of aliphatic hydroxyl groups is 1. The molecule has 7 nitrogen and oxygen atoms in total. The number of nitrogens with two attached hydrogens (primary N) is 1. The molecule has 0 fully saturated rings. The van der Waals surface area contributed by atoms with Crippen molar-refractivity contribution in [2.75, 3.05) is 43.7 Å². The normalized spacial score (nSPS) is 10.4. The standard InChI is InChI=1S/C9H16BrN5O2/c1-17-5-3-15(2-4-16)9-7(10)8(14-11)12-6-13-9/h6,16H,2-5,11H2,1H3,(H,12,13,14). The van der Waals surface area contributed by atoms with Gasteiger partial charge in [0.25, 0.3) is 0 Å². The fraction of sp³-hybridized carbons (Fsp3) is 0.556. The van der Waals surface area contributed by atoms with Crippen molar-refractivity contribution in [3.8, 4) is 0 Å². The summed E-state index contributed by atoms with van der Waals surface area (Å²) in [6.07, 6.45) is 1.41. The van der Waals surface area contributed by atoms with Crippen LogP contribution in [0.3, 0.4) is 0 Å². The molecule has 1 rings (SSSR count). The Bertz CT molecular complexity index is 352. The molecule has 0 aliphatic heterocycles. The van der Waals surface area contributed by atoms with Crippen LogP contribution >= 0.6 is 15.9 Å². The third-order valence-corrected chi connectivity index (χ3v) is 2.87. The maximum Gasteiger partial charge on any atom is 0.159 e. The number of anilines is 2. The summed E-state index contributed by atoms with van der Waals surface area (Å²) in [5, 5.41) is 9.03. The van der Waals surface area contributed by atoms with Crippen LogP contribution in [0.5, 0.6) is 0 Å². The van der Waals surface area contributed by atoms with Crippen LogP contribution in [0.25, 0.3) is 0 Å².